The van der Waals surface area contributed by atoms with Crippen LogP contribution in [0.5, 0.6) is 0 Å². The number of fused-ring (bicyclic) bond motifs is 2. The molecule has 0 radical (unpaired) electrons. The Morgan fingerprint density at radius 1 is 0.604 bits per heavy atom. The van der Waals surface area contributed by atoms with E-state index in [1.165, 1.54) is 48.3 Å². The van der Waals surface area contributed by atoms with Gasteiger partial charge in [0.2, 0.25) is 0 Å². The number of hydrogen-bond acceptors (Lipinski definition) is 9. The van der Waals surface area contributed by atoms with Crippen LogP contribution in [0.15, 0.2) is 36.4 Å². The zero-order valence-electron chi connectivity index (χ0n) is 29.2. The molecule has 0 N–H and O–H groups in total. The Morgan fingerprint density at radius 2 is 1.02 bits per heavy atom. The van der Waals surface area contributed by atoms with E-state index in [-0.39, 0.29) is 39.9 Å². The summed E-state index contributed by atoms with van der Waals surface area (Å²) < 4.78 is 27.7. The predicted octanol–water partition coefficient (Wildman–Crippen LogP) is 6.34. The summed E-state index contributed by atoms with van der Waals surface area (Å²) in [6.45, 7) is 14.9. The number of ketones is 1. The number of carbonyl (C=O) groups is 5. The van der Waals surface area contributed by atoms with Crippen molar-refractivity contribution in [2.24, 2.45) is 0 Å². The second kappa shape index (κ2) is 13.4. The van der Waals surface area contributed by atoms with Gasteiger partial charge in [0.05, 0.1) is 22.3 Å². The molecule has 0 aliphatic carbocycles. The molecule has 3 aliphatic rings. The van der Waals surface area contributed by atoms with Crippen molar-refractivity contribution in [1.29, 1.82) is 0 Å². The van der Waals surface area contributed by atoms with Crippen LogP contribution in [0.2, 0.25) is 50.4 Å². The first kappa shape index (κ1) is 36.4. The van der Waals surface area contributed by atoms with Crippen LogP contribution in [0, 0.1) is 0 Å². The molecule has 0 aromatic heterocycles. The van der Waals surface area contributed by atoms with Gasteiger partial charge in [0, 0.05) is 24.7 Å². The van der Waals surface area contributed by atoms with Gasteiger partial charge in [-0.1, -0.05) is 45.7 Å². The van der Waals surface area contributed by atoms with Crippen LogP contribution < -0.4 is 0 Å². The summed E-state index contributed by atoms with van der Waals surface area (Å²) in [6, 6.07) is 11.8. The molecule has 2 unspecified atom stereocenters. The van der Waals surface area contributed by atoms with E-state index in [0.717, 1.165) is 35.9 Å². The van der Waals surface area contributed by atoms with E-state index in [2.05, 4.69) is 47.0 Å². The van der Waals surface area contributed by atoms with Gasteiger partial charge in [0.1, 0.15) is 0 Å². The van der Waals surface area contributed by atoms with E-state index >= 15 is 0 Å². The molecule has 11 nitrogen and oxygen atoms in total. The van der Waals surface area contributed by atoms with Crippen molar-refractivity contribution in [2.45, 2.75) is 90.4 Å². The average molecular weight is 727 g/mol. The molecule has 3 heterocycles. The molecule has 2 aromatic rings. The molecule has 4 amide bonds. The van der Waals surface area contributed by atoms with Crippen molar-refractivity contribution in [3.8, 4) is 0 Å². The maximum absolute atomic E-state index is 13.5. The van der Waals surface area contributed by atoms with Crippen molar-refractivity contribution < 1.29 is 40.4 Å². The number of hydrogen-bond donors (Lipinski definition) is 0. The molecule has 0 saturated carbocycles. The van der Waals surface area contributed by atoms with Crippen molar-refractivity contribution in [3.63, 3.8) is 0 Å². The third-order valence-corrected chi connectivity index (χ3v) is 28.5. The lowest BCUT2D eigenvalue weighted by Crippen LogP contribution is -2.67. The van der Waals surface area contributed by atoms with E-state index in [1.54, 1.807) is 0 Å². The van der Waals surface area contributed by atoms with Crippen molar-refractivity contribution in [1.82, 2.24) is 9.80 Å². The Kier molecular flexibility index (Phi) is 10.2. The number of unbranched alkanes of at least 4 members (excludes halogenated alkanes) is 1. The monoisotopic (exact) mass is 726 g/mol. The van der Waals surface area contributed by atoms with Gasteiger partial charge in [-0.25, -0.2) is 0 Å². The topological polar surface area (TPSA) is 129 Å². The Hall–Kier alpha value is -2.90. The lowest BCUT2D eigenvalue weighted by molar-refractivity contribution is 0.0647. The third-order valence-electron chi connectivity index (χ3n) is 9.59. The van der Waals surface area contributed by atoms with Crippen LogP contribution >= 0.6 is 0 Å². The fraction of sp³-hybridized carbons (Fsp3) is 0.485. The number of imide groups is 2. The summed E-state index contributed by atoms with van der Waals surface area (Å²) in [4.78, 5) is 67.3. The second-order valence-electron chi connectivity index (χ2n) is 13.6. The largest absolute Gasteiger partial charge is 0.416 e. The maximum atomic E-state index is 13.5. The van der Waals surface area contributed by atoms with Crippen molar-refractivity contribution in [3.05, 3.63) is 69.8 Å². The highest BCUT2D eigenvalue weighted by molar-refractivity contribution is 6.93. The summed E-state index contributed by atoms with van der Waals surface area (Å²) in [5.74, 6) is -2.18. The molecule has 48 heavy (non-hydrogen) atoms. The van der Waals surface area contributed by atoms with Gasteiger partial charge in [-0.2, -0.15) is 0 Å². The smallest absolute Gasteiger partial charge is 0.317 e. The van der Waals surface area contributed by atoms with Crippen LogP contribution in [0.1, 0.15) is 97.4 Å². The van der Waals surface area contributed by atoms with Gasteiger partial charge in [-0.05, 0) is 81.1 Å². The minimum atomic E-state index is -2.85. The van der Waals surface area contributed by atoms with Gasteiger partial charge < -0.3 is 16.5 Å². The number of amides is 4. The first-order valence-corrected chi connectivity index (χ1v) is 26.9. The summed E-state index contributed by atoms with van der Waals surface area (Å²) >= 11 is 0. The first-order chi connectivity index (χ1) is 22.5. The zero-order valence-corrected chi connectivity index (χ0v) is 33.2. The molecule has 15 heteroatoms. The molecule has 3 aliphatic heterocycles. The van der Waals surface area contributed by atoms with Crippen LogP contribution in [0.25, 0.3) is 0 Å². The summed E-state index contributed by atoms with van der Waals surface area (Å²) in [5.41, 5.74) is 1.23. The molecule has 2 aromatic carbocycles. The SMILES string of the molecule is CCCC[Si]1(C)O[Si](C)(CC)O[Si](C)(CCCN2C(=O)c3ccc(C(=O)c4ccc5c(c4)C(=O)N(C)C5=O)cc3C2=O)O[Si](C)(CC)O1. The molecule has 0 spiro atoms. The summed E-state index contributed by atoms with van der Waals surface area (Å²) in [6.07, 6.45) is 2.58. The minimum Gasteiger partial charge on any atom is -0.416 e. The molecular weight excluding hydrogens is 681 g/mol. The van der Waals surface area contributed by atoms with Crippen molar-refractivity contribution >= 4 is 63.7 Å². The maximum Gasteiger partial charge on any atom is 0.317 e. The van der Waals surface area contributed by atoms with Crippen LogP contribution in [0.3, 0.4) is 0 Å². The number of benzene rings is 2. The number of nitrogens with zero attached hydrogens (tertiary/aromatic N) is 2. The zero-order chi connectivity index (χ0) is 35.2. The number of carbonyl (C=O) groups excluding carboxylic acids is 5. The lowest BCUT2D eigenvalue weighted by atomic mass is 9.96. The van der Waals surface area contributed by atoms with E-state index in [4.69, 9.17) is 16.5 Å². The molecule has 5 rings (SSSR count). The Bertz CT molecular complexity index is 1660. The number of rotatable bonds is 11. The van der Waals surface area contributed by atoms with Gasteiger partial charge in [-0.15, -0.1) is 0 Å². The standard InChI is InChI=1S/C33H46N2O9Si4/c1-9-12-19-47(7)41-45(5,10-2)43-48(8,44-46(6,11-3)42-47)20-13-18-35-32(39)26-17-15-24(22-28(26)33(35)40)29(36)23-14-16-25-27(21-23)31(38)34(4)30(25)37/h14-17,21-22H,9-13,18-20H2,1-8H3. The van der Waals surface area contributed by atoms with Crippen molar-refractivity contribution in [2.75, 3.05) is 13.6 Å². The summed E-state index contributed by atoms with van der Waals surface area (Å²) in [7, 11) is -9.25. The Balaban J connectivity index is 1.30. The van der Waals surface area contributed by atoms with Crippen LogP contribution in [-0.4, -0.2) is 87.0 Å². The highest BCUT2D eigenvalue weighted by atomic mass is 28.5. The molecule has 2 atom stereocenters. The van der Waals surface area contributed by atoms with Crippen LogP contribution in [0.4, 0.5) is 0 Å². The molecule has 258 valence electrons. The predicted molar refractivity (Wildman–Crippen MR) is 189 cm³/mol. The van der Waals surface area contributed by atoms with E-state index in [9.17, 15) is 24.0 Å². The van der Waals surface area contributed by atoms with E-state index < -0.39 is 63.7 Å². The first-order valence-electron chi connectivity index (χ1n) is 16.8. The minimum absolute atomic E-state index is 0.162. The second-order valence-corrected chi connectivity index (χ2v) is 28.4. The van der Waals surface area contributed by atoms with E-state index in [0.29, 0.717) is 12.5 Å². The lowest BCUT2D eigenvalue weighted by Gasteiger charge is -2.50. The molecule has 1 fully saturated rings. The third kappa shape index (κ3) is 6.91. The highest BCUT2D eigenvalue weighted by Gasteiger charge is 2.55. The van der Waals surface area contributed by atoms with E-state index in [1.807, 2.05) is 0 Å². The average Bonchev–Trinajstić information content (AvgIpc) is 3.41. The fourth-order valence-electron chi connectivity index (χ4n) is 6.76. The summed E-state index contributed by atoms with van der Waals surface area (Å²) in [5, 5.41) is 0. The molecular formula is C33H46N2O9Si4. The van der Waals surface area contributed by atoms with Gasteiger partial charge >= 0.3 is 34.2 Å². The highest BCUT2D eigenvalue weighted by Crippen LogP contribution is 2.38. The van der Waals surface area contributed by atoms with Gasteiger partial charge in [0.15, 0.2) is 5.78 Å². The molecule has 1 saturated heterocycles. The Labute approximate surface area is 286 Å². The van der Waals surface area contributed by atoms with Gasteiger partial charge in [0.25, 0.3) is 23.6 Å². The van der Waals surface area contributed by atoms with Crippen LogP contribution in [-0.2, 0) is 16.5 Å². The molecule has 0 bridgehead atoms. The quantitative estimate of drug-likeness (QED) is 0.148. The Morgan fingerprint density at radius 3 is 1.50 bits per heavy atom. The normalized spacial score (nSPS) is 28.8. The fourth-order valence-corrected chi connectivity index (χ4v) is 29.3. The van der Waals surface area contributed by atoms with Gasteiger partial charge in [-0.3, -0.25) is 33.8 Å².